The molecule has 1 heterocycles. The maximum Gasteiger partial charge on any atom is 0.243 e. The highest BCUT2D eigenvalue weighted by Crippen LogP contribution is 2.24. The molecule has 0 saturated carbocycles. The number of rotatable bonds is 7. The summed E-state index contributed by atoms with van der Waals surface area (Å²) < 4.78 is 27.0. The smallest absolute Gasteiger partial charge is 0.243 e. The molecule has 0 unspecified atom stereocenters. The third-order valence-corrected chi connectivity index (χ3v) is 7.09. The molecule has 0 spiro atoms. The van der Waals surface area contributed by atoms with E-state index in [0.717, 1.165) is 5.56 Å². The Hall–Kier alpha value is -2.42. The minimum absolute atomic E-state index is 0.0857. The highest BCUT2D eigenvalue weighted by atomic mass is 35.5. The van der Waals surface area contributed by atoms with Crippen LogP contribution in [-0.2, 0) is 26.2 Å². The molecule has 3 rings (SSSR count). The number of piperidine rings is 1. The fourth-order valence-electron chi connectivity index (χ4n) is 3.30. The molecule has 2 aromatic carbocycles. The number of carbonyl (C=O) groups excluding carboxylic acids is 2. The molecule has 2 amide bonds. The largest absolute Gasteiger partial charge is 0.350 e. The van der Waals surface area contributed by atoms with Crippen molar-refractivity contribution in [2.45, 2.75) is 24.3 Å². The van der Waals surface area contributed by atoms with Crippen molar-refractivity contribution in [2.24, 2.45) is 5.92 Å². The number of sulfonamides is 1. The van der Waals surface area contributed by atoms with Gasteiger partial charge in [0.05, 0.1) is 17.4 Å². The van der Waals surface area contributed by atoms with Gasteiger partial charge in [-0.1, -0.05) is 41.9 Å². The molecule has 1 saturated heterocycles. The van der Waals surface area contributed by atoms with E-state index in [4.69, 9.17) is 11.6 Å². The Morgan fingerprint density at radius 1 is 1.03 bits per heavy atom. The Morgan fingerprint density at radius 2 is 1.73 bits per heavy atom. The van der Waals surface area contributed by atoms with Gasteiger partial charge in [0.25, 0.3) is 0 Å². The van der Waals surface area contributed by atoms with Crippen LogP contribution in [0.1, 0.15) is 18.4 Å². The van der Waals surface area contributed by atoms with E-state index in [0.29, 0.717) is 31.0 Å². The summed E-state index contributed by atoms with van der Waals surface area (Å²) in [4.78, 5) is 24.6. The molecule has 2 N–H and O–H groups in total. The van der Waals surface area contributed by atoms with Gasteiger partial charge in [-0.3, -0.25) is 9.59 Å². The first-order valence-corrected chi connectivity index (χ1v) is 11.5. The van der Waals surface area contributed by atoms with Crippen LogP contribution in [0.3, 0.4) is 0 Å². The van der Waals surface area contributed by atoms with Crippen molar-refractivity contribution < 1.29 is 18.0 Å². The van der Waals surface area contributed by atoms with E-state index >= 15 is 0 Å². The molecule has 1 aliphatic heterocycles. The van der Waals surface area contributed by atoms with E-state index < -0.39 is 15.9 Å². The topological polar surface area (TPSA) is 95.6 Å². The van der Waals surface area contributed by atoms with Gasteiger partial charge in [-0.2, -0.15) is 4.31 Å². The van der Waals surface area contributed by atoms with Crippen LogP contribution in [-0.4, -0.2) is 44.2 Å². The second kappa shape index (κ2) is 10.1. The number of benzene rings is 2. The van der Waals surface area contributed by atoms with E-state index in [-0.39, 0.29) is 29.8 Å². The lowest BCUT2D eigenvalue weighted by Crippen LogP contribution is -2.47. The molecule has 30 heavy (non-hydrogen) atoms. The van der Waals surface area contributed by atoms with Crippen molar-refractivity contribution in [3.63, 3.8) is 0 Å². The van der Waals surface area contributed by atoms with Gasteiger partial charge in [0.1, 0.15) is 0 Å². The van der Waals surface area contributed by atoms with Crippen molar-refractivity contribution in [3.8, 4) is 0 Å². The Balaban J connectivity index is 1.51. The molecule has 160 valence electrons. The summed E-state index contributed by atoms with van der Waals surface area (Å²) in [6, 6.07) is 15.4. The third kappa shape index (κ3) is 5.81. The molecule has 7 nitrogen and oxygen atoms in total. The Morgan fingerprint density at radius 3 is 2.43 bits per heavy atom. The molecule has 0 aliphatic carbocycles. The molecule has 1 fully saturated rings. The molecule has 1 atom stereocenters. The standard InChI is InChI=1S/C21H24ClN3O4S/c22-18-8-10-19(11-9-18)30(28,29)25-12-4-7-17(15-25)21(27)24-14-20(26)23-13-16-5-2-1-3-6-16/h1-3,5-6,8-11,17H,4,7,12-15H2,(H,23,26)(H,24,27)/t17-/m0/s1. The van der Waals surface area contributed by atoms with E-state index in [1.54, 1.807) is 0 Å². The van der Waals surface area contributed by atoms with E-state index in [2.05, 4.69) is 10.6 Å². The molecular weight excluding hydrogens is 426 g/mol. The number of amides is 2. The van der Waals surface area contributed by atoms with Crippen molar-refractivity contribution in [1.82, 2.24) is 14.9 Å². The molecular formula is C21H24ClN3O4S. The van der Waals surface area contributed by atoms with Gasteiger partial charge in [0.15, 0.2) is 0 Å². The summed E-state index contributed by atoms with van der Waals surface area (Å²) in [6.07, 6.45) is 1.15. The van der Waals surface area contributed by atoms with Crippen molar-refractivity contribution in [3.05, 3.63) is 65.2 Å². The average molecular weight is 450 g/mol. The third-order valence-electron chi connectivity index (χ3n) is 4.96. The summed E-state index contributed by atoms with van der Waals surface area (Å²) in [7, 11) is -3.70. The van der Waals surface area contributed by atoms with E-state index in [1.807, 2.05) is 30.3 Å². The minimum Gasteiger partial charge on any atom is -0.350 e. The second-order valence-corrected chi connectivity index (χ2v) is 9.51. The molecule has 0 bridgehead atoms. The number of nitrogens with zero attached hydrogens (tertiary/aromatic N) is 1. The zero-order chi connectivity index (χ0) is 21.6. The highest BCUT2D eigenvalue weighted by Gasteiger charge is 2.33. The predicted octanol–water partition coefficient (Wildman–Crippen LogP) is 2.17. The lowest BCUT2D eigenvalue weighted by atomic mass is 9.99. The summed E-state index contributed by atoms with van der Waals surface area (Å²) >= 11 is 5.84. The number of carbonyl (C=O) groups is 2. The summed E-state index contributed by atoms with van der Waals surface area (Å²) in [5.74, 6) is -1.11. The first kappa shape index (κ1) is 22.3. The molecule has 0 aromatic heterocycles. The van der Waals surface area contributed by atoms with Crippen LogP contribution in [0.25, 0.3) is 0 Å². The second-order valence-electron chi connectivity index (χ2n) is 7.14. The van der Waals surface area contributed by atoms with Crippen molar-refractivity contribution in [1.29, 1.82) is 0 Å². The normalized spacial score (nSPS) is 17.3. The first-order chi connectivity index (χ1) is 14.4. The zero-order valence-electron chi connectivity index (χ0n) is 16.4. The van der Waals surface area contributed by atoms with Crippen LogP contribution in [0, 0.1) is 5.92 Å². The van der Waals surface area contributed by atoms with Crippen LogP contribution in [0.2, 0.25) is 5.02 Å². The minimum atomic E-state index is -3.70. The lowest BCUT2D eigenvalue weighted by molar-refractivity contribution is -0.129. The van der Waals surface area contributed by atoms with Crippen LogP contribution < -0.4 is 10.6 Å². The zero-order valence-corrected chi connectivity index (χ0v) is 18.0. The van der Waals surface area contributed by atoms with Gasteiger partial charge in [0.2, 0.25) is 21.8 Å². The van der Waals surface area contributed by atoms with Gasteiger partial charge < -0.3 is 10.6 Å². The van der Waals surface area contributed by atoms with Crippen molar-refractivity contribution in [2.75, 3.05) is 19.6 Å². The molecule has 2 aromatic rings. The van der Waals surface area contributed by atoms with Crippen LogP contribution in [0.15, 0.2) is 59.5 Å². The number of nitrogens with one attached hydrogen (secondary N) is 2. The quantitative estimate of drug-likeness (QED) is 0.677. The lowest BCUT2D eigenvalue weighted by Gasteiger charge is -2.31. The maximum absolute atomic E-state index is 12.8. The van der Waals surface area contributed by atoms with Gasteiger partial charge in [-0.05, 0) is 42.7 Å². The number of hydrogen-bond acceptors (Lipinski definition) is 4. The van der Waals surface area contributed by atoms with Crippen LogP contribution in [0.4, 0.5) is 0 Å². The predicted molar refractivity (Wildman–Crippen MR) is 114 cm³/mol. The summed E-state index contributed by atoms with van der Waals surface area (Å²) in [5.41, 5.74) is 0.965. The maximum atomic E-state index is 12.8. The fraction of sp³-hybridized carbons (Fsp3) is 0.333. The summed E-state index contributed by atoms with van der Waals surface area (Å²) in [5, 5.41) is 5.82. The molecule has 0 radical (unpaired) electrons. The number of halogens is 1. The Labute approximate surface area is 181 Å². The monoisotopic (exact) mass is 449 g/mol. The number of hydrogen-bond donors (Lipinski definition) is 2. The van der Waals surface area contributed by atoms with Crippen molar-refractivity contribution >= 4 is 33.4 Å². The summed E-state index contributed by atoms with van der Waals surface area (Å²) in [6.45, 7) is 0.674. The van der Waals surface area contributed by atoms with Crippen LogP contribution in [0.5, 0.6) is 0 Å². The van der Waals surface area contributed by atoms with E-state index in [9.17, 15) is 18.0 Å². The highest BCUT2D eigenvalue weighted by molar-refractivity contribution is 7.89. The van der Waals surface area contributed by atoms with Crippen LogP contribution >= 0.6 is 11.6 Å². The fourth-order valence-corrected chi connectivity index (χ4v) is 4.95. The Bertz CT molecular complexity index is 981. The average Bonchev–Trinajstić information content (AvgIpc) is 2.77. The van der Waals surface area contributed by atoms with Gasteiger partial charge >= 0.3 is 0 Å². The first-order valence-electron chi connectivity index (χ1n) is 9.70. The Kier molecular flexibility index (Phi) is 7.47. The molecule has 9 heteroatoms. The van der Waals surface area contributed by atoms with Gasteiger partial charge in [0, 0.05) is 24.7 Å². The molecule has 1 aliphatic rings. The van der Waals surface area contributed by atoms with Gasteiger partial charge in [-0.15, -0.1) is 0 Å². The van der Waals surface area contributed by atoms with E-state index in [1.165, 1.54) is 28.6 Å². The van der Waals surface area contributed by atoms with Gasteiger partial charge in [-0.25, -0.2) is 8.42 Å². The SMILES string of the molecule is O=C(CNC(=O)[C@H]1CCCN(S(=O)(=O)c2ccc(Cl)cc2)C1)NCc1ccccc1.